The number of nitrogens with one attached hydrogen (secondary N) is 2. The van der Waals surface area contributed by atoms with Gasteiger partial charge in [0, 0.05) is 11.3 Å². The average molecular weight is 380 g/mol. The van der Waals surface area contributed by atoms with Crippen LogP contribution in [-0.2, 0) is 16.1 Å². The summed E-state index contributed by atoms with van der Waals surface area (Å²) in [6.45, 7) is 4.33. The highest BCUT2D eigenvalue weighted by Gasteiger charge is 2.33. The first-order chi connectivity index (χ1) is 13.6. The summed E-state index contributed by atoms with van der Waals surface area (Å²) in [6.07, 6.45) is 0.722. The van der Waals surface area contributed by atoms with Crippen molar-refractivity contribution >= 4 is 12.0 Å². The van der Waals surface area contributed by atoms with Gasteiger partial charge in [0.05, 0.1) is 18.2 Å². The molecule has 0 spiro atoms. The van der Waals surface area contributed by atoms with E-state index in [0.29, 0.717) is 35.8 Å². The van der Waals surface area contributed by atoms with Crippen LogP contribution in [0.2, 0.25) is 0 Å². The van der Waals surface area contributed by atoms with Gasteiger partial charge in [0.1, 0.15) is 12.4 Å². The molecule has 1 heterocycles. The number of rotatable bonds is 7. The minimum Gasteiger partial charge on any atom is -0.489 e. The lowest BCUT2D eigenvalue weighted by atomic mass is 9.95. The first kappa shape index (κ1) is 19.5. The van der Waals surface area contributed by atoms with Crippen LogP contribution in [0.1, 0.15) is 37.4 Å². The fourth-order valence-corrected chi connectivity index (χ4v) is 3.06. The van der Waals surface area contributed by atoms with Gasteiger partial charge in [-0.15, -0.1) is 0 Å². The highest BCUT2D eigenvalue weighted by atomic mass is 16.5. The van der Waals surface area contributed by atoms with Gasteiger partial charge in [-0.2, -0.15) is 0 Å². The van der Waals surface area contributed by atoms with Gasteiger partial charge >= 0.3 is 12.0 Å². The topological polar surface area (TPSA) is 76.7 Å². The molecule has 2 aromatic rings. The molecule has 0 bridgehead atoms. The average Bonchev–Trinajstić information content (AvgIpc) is 2.71. The Hall–Kier alpha value is -3.28. The van der Waals surface area contributed by atoms with Gasteiger partial charge in [-0.25, -0.2) is 9.59 Å². The number of carbonyl (C=O) groups excluding carboxylic acids is 2. The van der Waals surface area contributed by atoms with Crippen LogP contribution in [0.25, 0.3) is 0 Å². The molecule has 146 valence electrons. The number of amides is 2. The van der Waals surface area contributed by atoms with E-state index in [1.54, 1.807) is 6.92 Å². The molecule has 3 rings (SSSR count). The van der Waals surface area contributed by atoms with E-state index >= 15 is 0 Å². The molecular formula is C22H24N2O4. The van der Waals surface area contributed by atoms with Gasteiger partial charge in [-0.05, 0) is 25.0 Å². The largest absolute Gasteiger partial charge is 0.489 e. The third-order valence-corrected chi connectivity index (χ3v) is 4.39. The fourth-order valence-electron chi connectivity index (χ4n) is 3.06. The number of benzene rings is 2. The molecule has 1 aliphatic heterocycles. The fraction of sp³-hybridized carbons (Fsp3) is 0.273. The van der Waals surface area contributed by atoms with E-state index in [0.717, 1.165) is 12.0 Å². The third kappa shape index (κ3) is 4.52. The zero-order chi connectivity index (χ0) is 19.9. The highest BCUT2D eigenvalue weighted by molar-refractivity contribution is 5.95. The smallest absolute Gasteiger partial charge is 0.338 e. The number of esters is 1. The molecule has 2 aromatic carbocycles. The lowest BCUT2D eigenvalue weighted by Crippen LogP contribution is -2.45. The van der Waals surface area contributed by atoms with Crippen molar-refractivity contribution < 1.29 is 19.1 Å². The number of hydrogen-bond donors (Lipinski definition) is 2. The van der Waals surface area contributed by atoms with Crippen molar-refractivity contribution in [2.24, 2.45) is 0 Å². The second-order valence-electron chi connectivity index (χ2n) is 6.52. The van der Waals surface area contributed by atoms with Gasteiger partial charge < -0.3 is 20.1 Å². The molecular weight excluding hydrogens is 356 g/mol. The molecule has 0 fully saturated rings. The molecule has 2 N–H and O–H groups in total. The van der Waals surface area contributed by atoms with E-state index in [1.165, 1.54) is 0 Å². The van der Waals surface area contributed by atoms with E-state index in [4.69, 9.17) is 9.47 Å². The molecule has 1 atom stereocenters. The highest BCUT2D eigenvalue weighted by Crippen LogP contribution is 2.33. The monoisotopic (exact) mass is 380 g/mol. The van der Waals surface area contributed by atoms with Crippen LogP contribution in [0, 0.1) is 0 Å². The van der Waals surface area contributed by atoms with Crippen LogP contribution in [0.5, 0.6) is 5.75 Å². The zero-order valence-corrected chi connectivity index (χ0v) is 16.0. The van der Waals surface area contributed by atoms with Crippen LogP contribution >= 0.6 is 0 Å². The Balaban J connectivity index is 1.90. The summed E-state index contributed by atoms with van der Waals surface area (Å²) in [5.41, 5.74) is 2.59. The Morgan fingerprint density at radius 3 is 2.54 bits per heavy atom. The van der Waals surface area contributed by atoms with Crippen LogP contribution in [0.4, 0.5) is 4.79 Å². The summed E-state index contributed by atoms with van der Waals surface area (Å²) in [7, 11) is 0. The molecule has 2 amide bonds. The van der Waals surface area contributed by atoms with Crippen molar-refractivity contribution in [1.29, 1.82) is 0 Å². The maximum absolute atomic E-state index is 12.6. The lowest BCUT2D eigenvalue weighted by Gasteiger charge is -2.29. The summed E-state index contributed by atoms with van der Waals surface area (Å²) in [5.74, 6) is 0.154. The Labute approximate surface area is 164 Å². The summed E-state index contributed by atoms with van der Waals surface area (Å²) >= 11 is 0. The minimum atomic E-state index is -0.648. The molecule has 0 aliphatic carbocycles. The number of urea groups is 1. The first-order valence-electron chi connectivity index (χ1n) is 9.31. The molecule has 6 heteroatoms. The Morgan fingerprint density at radius 2 is 1.79 bits per heavy atom. The van der Waals surface area contributed by atoms with Crippen LogP contribution < -0.4 is 15.4 Å². The first-order valence-corrected chi connectivity index (χ1v) is 9.31. The zero-order valence-electron chi connectivity index (χ0n) is 16.0. The maximum atomic E-state index is 12.6. The second-order valence-corrected chi connectivity index (χ2v) is 6.52. The van der Waals surface area contributed by atoms with Gasteiger partial charge in [0.15, 0.2) is 0 Å². The van der Waals surface area contributed by atoms with Crippen molar-refractivity contribution in [2.75, 3.05) is 6.61 Å². The van der Waals surface area contributed by atoms with Crippen molar-refractivity contribution in [2.45, 2.75) is 32.9 Å². The normalized spacial score (nSPS) is 16.2. The summed E-state index contributed by atoms with van der Waals surface area (Å²) < 4.78 is 11.3. The maximum Gasteiger partial charge on any atom is 0.338 e. The summed E-state index contributed by atoms with van der Waals surface area (Å²) in [4.78, 5) is 24.7. The molecule has 0 saturated heterocycles. The van der Waals surface area contributed by atoms with E-state index in [9.17, 15) is 9.59 Å². The molecule has 6 nitrogen and oxygen atoms in total. The van der Waals surface area contributed by atoms with Crippen LogP contribution in [0.15, 0.2) is 65.9 Å². The number of allylic oxidation sites excluding steroid dienone is 1. The molecule has 0 radical (unpaired) electrons. The quantitative estimate of drug-likeness (QED) is 0.716. The third-order valence-electron chi connectivity index (χ3n) is 4.39. The van der Waals surface area contributed by atoms with E-state index in [-0.39, 0.29) is 6.03 Å². The van der Waals surface area contributed by atoms with Gasteiger partial charge in [-0.3, -0.25) is 0 Å². The Bertz CT molecular complexity index is 877. The van der Waals surface area contributed by atoms with Gasteiger partial charge in [0.25, 0.3) is 0 Å². The van der Waals surface area contributed by atoms with E-state index in [1.807, 2.05) is 61.5 Å². The lowest BCUT2D eigenvalue weighted by molar-refractivity contribution is -0.139. The summed E-state index contributed by atoms with van der Waals surface area (Å²) in [5, 5.41) is 5.47. The van der Waals surface area contributed by atoms with E-state index < -0.39 is 12.0 Å². The van der Waals surface area contributed by atoms with Crippen molar-refractivity contribution in [3.05, 3.63) is 77.0 Å². The number of para-hydroxylation sites is 1. The van der Waals surface area contributed by atoms with Crippen LogP contribution in [-0.4, -0.2) is 18.6 Å². The summed E-state index contributed by atoms with van der Waals surface area (Å²) in [6, 6.07) is 16.2. The molecule has 0 saturated carbocycles. The SMILES string of the molecule is CCCOC(=O)C1=C(C)NC(=O)NC1c1ccccc1OCc1ccccc1. The molecule has 1 unspecified atom stereocenters. The van der Waals surface area contributed by atoms with Crippen molar-refractivity contribution in [3.63, 3.8) is 0 Å². The standard InChI is InChI=1S/C22H24N2O4/c1-3-13-27-21(25)19-15(2)23-22(26)24-20(19)17-11-7-8-12-18(17)28-14-16-9-5-4-6-10-16/h4-12,20H,3,13-14H2,1-2H3,(H2,23,24,26). The number of hydrogen-bond acceptors (Lipinski definition) is 4. The van der Waals surface area contributed by atoms with Crippen LogP contribution in [0.3, 0.4) is 0 Å². The Kier molecular flexibility index (Phi) is 6.32. The minimum absolute atomic E-state index is 0.322. The van der Waals surface area contributed by atoms with Gasteiger partial charge in [0.2, 0.25) is 0 Å². The predicted molar refractivity (Wildman–Crippen MR) is 106 cm³/mol. The number of carbonyl (C=O) groups is 2. The van der Waals surface area contributed by atoms with Crippen molar-refractivity contribution in [1.82, 2.24) is 10.6 Å². The molecule has 0 aromatic heterocycles. The van der Waals surface area contributed by atoms with Crippen molar-refractivity contribution in [3.8, 4) is 5.75 Å². The second kappa shape index (κ2) is 9.08. The van der Waals surface area contributed by atoms with Gasteiger partial charge in [-0.1, -0.05) is 55.5 Å². The van der Waals surface area contributed by atoms with E-state index in [2.05, 4.69) is 10.6 Å². The predicted octanol–water partition coefficient (Wildman–Crippen LogP) is 3.85. The Morgan fingerprint density at radius 1 is 1.07 bits per heavy atom. The number of ether oxygens (including phenoxy) is 2. The molecule has 1 aliphatic rings. The molecule has 28 heavy (non-hydrogen) atoms.